The van der Waals surface area contributed by atoms with E-state index in [0.717, 1.165) is 23.1 Å². The second kappa shape index (κ2) is 8.95. The van der Waals surface area contributed by atoms with Crippen molar-refractivity contribution in [3.05, 3.63) is 98.9 Å². The van der Waals surface area contributed by atoms with Crippen LogP contribution < -0.4 is 19.8 Å². The van der Waals surface area contributed by atoms with Crippen molar-refractivity contribution in [1.29, 1.82) is 0 Å². The Bertz CT molecular complexity index is 1490. The van der Waals surface area contributed by atoms with Crippen LogP contribution in [0, 0.1) is 13.8 Å². The van der Waals surface area contributed by atoms with Gasteiger partial charge < -0.3 is 13.9 Å². The van der Waals surface area contributed by atoms with E-state index in [-0.39, 0.29) is 17.1 Å². The average Bonchev–Trinajstić information content (AvgIpc) is 3.16. The number of aryl methyl sites for hydroxylation is 2. The number of ether oxygens (including phenoxy) is 2. The summed E-state index contributed by atoms with van der Waals surface area (Å²) < 4.78 is 17.3. The normalized spacial score (nSPS) is 14.9. The lowest BCUT2D eigenvalue weighted by molar-refractivity contribution is 0.0971. The van der Waals surface area contributed by atoms with Crippen LogP contribution in [0.5, 0.6) is 11.5 Å². The minimum Gasteiger partial charge on any atom is -0.497 e. The van der Waals surface area contributed by atoms with Gasteiger partial charge in [-0.1, -0.05) is 19.1 Å². The molecule has 3 aromatic carbocycles. The lowest BCUT2D eigenvalue weighted by atomic mass is 9.97. The third kappa shape index (κ3) is 3.85. The second-order valence-corrected chi connectivity index (χ2v) is 8.80. The molecule has 6 heteroatoms. The summed E-state index contributed by atoms with van der Waals surface area (Å²) >= 11 is 0. The maximum atomic E-state index is 13.9. The highest BCUT2D eigenvalue weighted by Gasteiger charge is 2.43. The van der Waals surface area contributed by atoms with Crippen molar-refractivity contribution in [3.8, 4) is 11.5 Å². The molecular weight excluding hydrogens is 442 g/mol. The molecule has 0 saturated heterocycles. The zero-order valence-corrected chi connectivity index (χ0v) is 20.3. The van der Waals surface area contributed by atoms with Crippen molar-refractivity contribution in [2.24, 2.45) is 0 Å². The zero-order valence-electron chi connectivity index (χ0n) is 20.3. The fraction of sp³-hybridized carbons (Fsp3) is 0.241. The number of hydrogen-bond donors (Lipinski definition) is 0. The van der Waals surface area contributed by atoms with Gasteiger partial charge in [0.2, 0.25) is 5.76 Å². The van der Waals surface area contributed by atoms with Gasteiger partial charge in [0.05, 0.1) is 30.7 Å². The molecule has 0 N–H and O–H groups in total. The molecule has 178 valence electrons. The maximum Gasteiger partial charge on any atom is 0.295 e. The van der Waals surface area contributed by atoms with Crippen LogP contribution in [0.1, 0.15) is 52.2 Å². The van der Waals surface area contributed by atoms with Gasteiger partial charge in [0.1, 0.15) is 17.1 Å². The lowest BCUT2D eigenvalue weighted by Crippen LogP contribution is -2.29. The van der Waals surface area contributed by atoms with E-state index >= 15 is 0 Å². The largest absolute Gasteiger partial charge is 0.497 e. The third-order valence-electron chi connectivity index (χ3n) is 6.48. The number of nitrogens with zero attached hydrogens (tertiary/aromatic N) is 1. The molecule has 1 aliphatic rings. The van der Waals surface area contributed by atoms with Crippen LogP contribution in [0.3, 0.4) is 0 Å². The van der Waals surface area contributed by atoms with Crippen LogP contribution in [0.15, 0.2) is 69.9 Å². The van der Waals surface area contributed by atoms with Crippen molar-refractivity contribution < 1.29 is 18.7 Å². The molecule has 35 heavy (non-hydrogen) atoms. The Balaban J connectivity index is 1.75. The van der Waals surface area contributed by atoms with Gasteiger partial charge >= 0.3 is 0 Å². The molecule has 1 aromatic heterocycles. The first-order chi connectivity index (χ1) is 16.9. The first-order valence-corrected chi connectivity index (χ1v) is 11.7. The van der Waals surface area contributed by atoms with Crippen molar-refractivity contribution in [2.45, 2.75) is 33.2 Å². The van der Waals surface area contributed by atoms with Crippen LogP contribution in [-0.2, 0) is 0 Å². The Kier molecular flexibility index (Phi) is 5.81. The fourth-order valence-corrected chi connectivity index (χ4v) is 4.55. The van der Waals surface area contributed by atoms with Crippen LogP contribution in [0.4, 0.5) is 5.69 Å². The topological polar surface area (TPSA) is 69.0 Å². The summed E-state index contributed by atoms with van der Waals surface area (Å²) in [5.41, 5.74) is 3.97. The predicted molar refractivity (Wildman–Crippen MR) is 136 cm³/mol. The van der Waals surface area contributed by atoms with Gasteiger partial charge in [-0.2, -0.15) is 0 Å². The Morgan fingerprint density at radius 3 is 2.40 bits per heavy atom. The van der Waals surface area contributed by atoms with E-state index in [1.165, 1.54) is 0 Å². The highest BCUT2D eigenvalue weighted by atomic mass is 16.5. The van der Waals surface area contributed by atoms with Gasteiger partial charge in [-0.05, 0) is 85.5 Å². The van der Waals surface area contributed by atoms with Gasteiger partial charge in [0, 0.05) is 5.69 Å². The lowest BCUT2D eigenvalue weighted by Gasteiger charge is -2.25. The molecule has 0 saturated carbocycles. The van der Waals surface area contributed by atoms with Crippen molar-refractivity contribution in [2.75, 3.05) is 18.6 Å². The number of fused-ring (bicyclic) bond motifs is 2. The Labute approximate surface area is 203 Å². The molecule has 2 heterocycles. The van der Waals surface area contributed by atoms with Crippen molar-refractivity contribution >= 4 is 22.6 Å². The van der Waals surface area contributed by atoms with E-state index in [4.69, 9.17) is 13.9 Å². The van der Waals surface area contributed by atoms with Crippen LogP contribution in [0.2, 0.25) is 0 Å². The van der Waals surface area contributed by atoms with Gasteiger partial charge in [0.25, 0.3) is 5.91 Å². The highest BCUT2D eigenvalue weighted by Crippen LogP contribution is 2.42. The average molecular weight is 470 g/mol. The summed E-state index contributed by atoms with van der Waals surface area (Å²) in [4.78, 5) is 29.2. The van der Waals surface area contributed by atoms with Crippen LogP contribution >= 0.6 is 0 Å². The van der Waals surface area contributed by atoms with E-state index in [1.54, 1.807) is 24.1 Å². The van der Waals surface area contributed by atoms with E-state index in [9.17, 15) is 9.59 Å². The number of amides is 1. The number of anilines is 1. The van der Waals surface area contributed by atoms with E-state index in [1.807, 2.05) is 69.3 Å². The molecule has 1 amide bonds. The standard InChI is InChI=1S/C29H27NO5/c1-5-13-34-22-8-6-7-19(16-22)26-25-27(31)23-14-17(2)18(3)15-24(23)35-28(25)29(32)30(26)20-9-11-21(33-4)12-10-20/h6-12,14-16,26H,5,13H2,1-4H3/t26-/m0/s1. The fourth-order valence-electron chi connectivity index (χ4n) is 4.55. The maximum absolute atomic E-state index is 13.9. The molecule has 0 radical (unpaired) electrons. The van der Waals surface area contributed by atoms with Crippen LogP contribution in [0.25, 0.3) is 11.0 Å². The van der Waals surface area contributed by atoms with Gasteiger partial charge in [-0.15, -0.1) is 0 Å². The molecule has 1 aliphatic heterocycles. The minimum atomic E-state index is -0.654. The quantitative estimate of drug-likeness (QED) is 0.349. The zero-order chi connectivity index (χ0) is 24.7. The predicted octanol–water partition coefficient (Wildman–Crippen LogP) is 5.96. The first kappa shape index (κ1) is 22.7. The summed E-state index contributed by atoms with van der Waals surface area (Å²) in [5, 5.41) is 0.472. The molecule has 1 atom stereocenters. The third-order valence-corrected chi connectivity index (χ3v) is 6.48. The molecular formula is C29H27NO5. The number of rotatable bonds is 6. The summed E-state index contributed by atoms with van der Waals surface area (Å²) in [5.74, 6) is 1.09. The first-order valence-electron chi connectivity index (χ1n) is 11.7. The second-order valence-electron chi connectivity index (χ2n) is 8.80. The summed E-state index contributed by atoms with van der Waals surface area (Å²) in [6, 6.07) is 17.8. The van der Waals surface area contributed by atoms with Crippen LogP contribution in [-0.4, -0.2) is 19.6 Å². The number of carbonyl (C=O) groups excluding carboxylic acids is 1. The summed E-state index contributed by atoms with van der Waals surface area (Å²) in [6.45, 7) is 6.54. The minimum absolute atomic E-state index is 0.0754. The SMILES string of the molecule is CCCOc1cccc([C@H]2c3c(oc4cc(C)c(C)cc4c3=O)C(=O)N2c2ccc(OC)cc2)c1. The van der Waals surface area contributed by atoms with Crippen molar-refractivity contribution in [3.63, 3.8) is 0 Å². The number of benzene rings is 3. The number of carbonyl (C=O) groups is 1. The molecule has 0 spiro atoms. The summed E-state index contributed by atoms with van der Waals surface area (Å²) in [7, 11) is 1.59. The van der Waals surface area contributed by atoms with E-state index in [2.05, 4.69) is 0 Å². The Morgan fingerprint density at radius 1 is 0.943 bits per heavy atom. The molecule has 0 unspecified atom stereocenters. The molecule has 4 aromatic rings. The smallest absolute Gasteiger partial charge is 0.295 e. The number of methoxy groups -OCH3 is 1. The molecule has 0 fully saturated rings. The highest BCUT2D eigenvalue weighted by molar-refractivity contribution is 6.10. The molecule has 5 rings (SSSR count). The van der Waals surface area contributed by atoms with E-state index in [0.29, 0.717) is 40.3 Å². The number of hydrogen-bond acceptors (Lipinski definition) is 5. The van der Waals surface area contributed by atoms with E-state index < -0.39 is 6.04 Å². The molecule has 0 bridgehead atoms. The molecule has 6 nitrogen and oxygen atoms in total. The van der Waals surface area contributed by atoms with Crippen molar-refractivity contribution in [1.82, 2.24) is 0 Å². The van der Waals surface area contributed by atoms with Gasteiger partial charge in [-0.25, -0.2) is 0 Å². The summed E-state index contributed by atoms with van der Waals surface area (Å²) in [6.07, 6.45) is 0.876. The molecule has 0 aliphatic carbocycles. The van der Waals surface area contributed by atoms with Gasteiger partial charge in [0.15, 0.2) is 5.43 Å². The monoisotopic (exact) mass is 469 g/mol. The Hall–Kier alpha value is -4.06. The Morgan fingerprint density at radius 2 is 1.69 bits per heavy atom. The van der Waals surface area contributed by atoms with Gasteiger partial charge in [-0.3, -0.25) is 14.5 Å².